The Morgan fingerprint density at radius 1 is 0.733 bits per heavy atom. The van der Waals surface area contributed by atoms with E-state index in [9.17, 15) is 57.5 Å². The van der Waals surface area contributed by atoms with Gasteiger partial charge in [0.05, 0.1) is 6.61 Å². The van der Waals surface area contributed by atoms with Gasteiger partial charge in [0.25, 0.3) is 0 Å². The summed E-state index contributed by atoms with van der Waals surface area (Å²) in [5.41, 5.74) is -0.242. The van der Waals surface area contributed by atoms with Crippen molar-refractivity contribution in [2.75, 3.05) is 6.61 Å². The van der Waals surface area contributed by atoms with Gasteiger partial charge in [-0.3, -0.25) is 0 Å². The molecule has 0 heterocycles. The Balaban J connectivity index is 5.75. The molecule has 0 aromatic rings. The topological polar surface area (TPSA) is 26.3 Å². The van der Waals surface area contributed by atoms with Crippen LogP contribution in [-0.4, -0.2) is 48.1 Å². The SMILES string of the molecule is C=C(C)C(=O)OCCCC(F)(F)C(F)(F)C(F)(F)C(F)(F)C(F)(F)C(F)(F)CCC. The van der Waals surface area contributed by atoms with Crippen molar-refractivity contribution in [1.82, 2.24) is 0 Å². The van der Waals surface area contributed by atoms with Gasteiger partial charge >= 0.3 is 41.5 Å². The van der Waals surface area contributed by atoms with E-state index in [-0.39, 0.29) is 5.57 Å². The summed E-state index contributed by atoms with van der Waals surface area (Å²) in [6, 6.07) is 0. The Bertz CT molecular complexity index is 628. The molecular formula is C16H18F12O2. The van der Waals surface area contributed by atoms with Gasteiger partial charge < -0.3 is 4.74 Å². The largest absolute Gasteiger partial charge is 0.462 e. The molecule has 0 unspecified atom stereocenters. The lowest BCUT2D eigenvalue weighted by molar-refractivity contribution is -0.425. The lowest BCUT2D eigenvalue weighted by atomic mass is 9.89. The van der Waals surface area contributed by atoms with Crippen molar-refractivity contribution < 1.29 is 62.2 Å². The van der Waals surface area contributed by atoms with Crippen LogP contribution in [0.15, 0.2) is 12.2 Å². The minimum absolute atomic E-state index is 0.242. The number of carbonyl (C=O) groups excluding carboxylic acids is 1. The predicted octanol–water partition coefficient (Wildman–Crippen LogP) is 6.50. The smallest absolute Gasteiger partial charge is 0.384 e. The van der Waals surface area contributed by atoms with Gasteiger partial charge in [-0.25, -0.2) is 4.79 Å². The van der Waals surface area contributed by atoms with E-state index in [1.165, 1.54) is 0 Å². The fourth-order valence-electron chi connectivity index (χ4n) is 2.06. The summed E-state index contributed by atoms with van der Waals surface area (Å²) in [4.78, 5) is 11.0. The summed E-state index contributed by atoms with van der Waals surface area (Å²) in [5.74, 6) is -42.5. The molecule has 0 atom stereocenters. The fourth-order valence-corrected chi connectivity index (χ4v) is 2.06. The summed E-state index contributed by atoms with van der Waals surface area (Å²) in [5, 5.41) is 0. The number of hydrogen-bond acceptors (Lipinski definition) is 2. The van der Waals surface area contributed by atoms with Crippen LogP contribution in [0.3, 0.4) is 0 Å². The van der Waals surface area contributed by atoms with Gasteiger partial charge in [-0.15, -0.1) is 0 Å². The molecule has 0 rings (SSSR count). The van der Waals surface area contributed by atoms with Gasteiger partial charge in [0.15, 0.2) is 0 Å². The Kier molecular flexibility index (Phi) is 8.37. The molecule has 0 aromatic carbocycles. The number of rotatable bonds is 12. The van der Waals surface area contributed by atoms with Gasteiger partial charge in [-0.05, 0) is 13.3 Å². The molecule has 0 N–H and O–H groups in total. The summed E-state index contributed by atoms with van der Waals surface area (Å²) in [6.07, 6.45) is -6.61. The van der Waals surface area contributed by atoms with E-state index in [0.717, 1.165) is 13.8 Å². The first-order chi connectivity index (χ1) is 13.1. The lowest BCUT2D eigenvalue weighted by Crippen LogP contribution is -2.70. The average molecular weight is 470 g/mol. The molecule has 0 bridgehead atoms. The second-order valence-corrected chi connectivity index (χ2v) is 6.48. The number of alkyl halides is 12. The lowest BCUT2D eigenvalue weighted by Gasteiger charge is -2.41. The first-order valence-corrected chi connectivity index (χ1v) is 8.23. The number of hydrogen-bond donors (Lipinski definition) is 0. The summed E-state index contributed by atoms with van der Waals surface area (Å²) in [7, 11) is 0. The van der Waals surface area contributed by atoms with Gasteiger partial charge in [0, 0.05) is 18.4 Å². The van der Waals surface area contributed by atoms with E-state index in [2.05, 4.69) is 11.3 Å². The first kappa shape index (κ1) is 28.4. The number of esters is 1. The number of carbonyl (C=O) groups is 1. The van der Waals surface area contributed by atoms with Crippen molar-refractivity contribution in [2.45, 2.75) is 75.1 Å². The quantitative estimate of drug-likeness (QED) is 0.141. The van der Waals surface area contributed by atoms with E-state index in [1.54, 1.807) is 0 Å². The van der Waals surface area contributed by atoms with E-state index in [1.807, 2.05) is 0 Å². The third-order valence-corrected chi connectivity index (χ3v) is 3.88. The van der Waals surface area contributed by atoms with Crippen molar-refractivity contribution in [1.29, 1.82) is 0 Å². The highest BCUT2D eigenvalue weighted by molar-refractivity contribution is 5.86. The van der Waals surface area contributed by atoms with E-state index >= 15 is 0 Å². The van der Waals surface area contributed by atoms with E-state index in [0.29, 0.717) is 0 Å². The second kappa shape index (κ2) is 8.85. The van der Waals surface area contributed by atoms with Crippen LogP contribution in [0, 0.1) is 0 Å². The van der Waals surface area contributed by atoms with Crippen LogP contribution in [0.25, 0.3) is 0 Å². The highest BCUT2D eigenvalue weighted by Crippen LogP contribution is 2.61. The van der Waals surface area contributed by atoms with Gasteiger partial charge in [-0.2, -0.15) is 52.7 Å². The van der Waals surface area contributed by atoms with Crippen molar-refractivity contribution in [3.05, 3.63) is 12.2 Å². The van der Waals surface area contributed by atoms with Crippen LogP contribution in [0.2, 0.25) is 0 Å². The van der Waals surface area contributed by atoms with Crippen molar-refractivity contribution in [3.63, 3.8) is 0 Å². The monoisotopic (exact) mass is 470 g/mol. The minimum Gasteiger partial charge on any atom is -0.462 e. The molecule has 0 fully saturated rings. The first-order valence-electron chi connectivity index (χ1n) is 8.23. The Labute approximate surface area is 163 Å². The Morgan fingerprint density at radius 3 is 1.43 bits per heavy atom. The summed E-state index contributed by atoms with van der Waals surface area (Å²) < 4.78 is 166. The fraction of sp³-hybridized carbons (Fsp3) is 0.812. The molecule has 14 heteroatoms. The van der Waals surface area contributed by atoms with Crippen LogP contribution in [0.4, 0.5) is 52.7 Å². The third-order valence-electron chi connectivity index (χ3n) is 3.88. The maximum absolute atomic E-state index is 13.6. The molecule has 0 aromatic heterocycles. The van der Waals surface area contributed by atoms with E-state index in [4.69, 9.17) is 0 Å². The molecule has 0 aliphatic heterocycles. The Morgan fingerprint density at radius 2 is 1.10 bits per heavy atom. The maximum atomic E-state index is 13.6. The molecule has 0 radical (unpaired) electrons. The van der Waals surface area contributed by atoms with Crippen LogP contribution in [0.5, 0.6) is 0 Å². The Hall–Kier alpha value is -1.63. The number of halogens is 12. The molecule has 0 saturated heterocycles. The highest BCUT2D eigenvalue weighted by Gasteiger charge is 2.89. The average Bonchev–Trinajstić information content (AvgIpc) is 2.57. The molecule has 0 aliphatic carbocycles. The highest BCUT2D eigenvalue weighted by atomic mass is 19.4. The van der Waals surface area contributed by atoms with Crippen LogP contribution < -0.4 is 0 Å². The molecule has 0 spiro atoms. The van der Waals surface area contributed by atoms with Gasteiger partial charge in [0.1, 0.15) is 0 Å². The molecule has 0 amide bonds. The van der Waals surface area contributed by atoms with Crippen LogP contribution in [-0.2, 0) is 9.53 Å². The minimum atomic E-state index is -7.57. The summed E-state index contributed by atoms with van der Waals surface area (Å²) in [6.45, 7) is 3.92. The standard InChI is InChI=1S/C16H18F12O2/c1-4-6-11(17,18)13(21,22)15(25,26)16(27,28)14(23,24)12(19,20)7-5-8-30-10(29)9(2)3/h2,4-8H2,1,3H3. The molecule has 178 valence electrons. The van der Waals surface area contributed by atoms with Gasteiger partial charge in [0.2, 0.25) is 0 Å². The van der Waals surface area contributed by atoms with Crippen LogP contribution in [0.1, 0.15) is 39.5 Å². The normalized spacial score (nSPS) is 14.6. The third kappa shape index (κ3) is 4.82. The number of ether oxygens (including phenoxy) is 1. The van der Waals surface area contributed by atoms with Gasteiger partial charge in [-0.1, -0.05) is 19.9 Å². The molecular weight excluding hydrogens is 452 g/mol. The zero-order valence-electron chi connectivity index (χ0n) is 15.6. The molecule has 0 aliphatic rings. The molecule has 30 heavy (non-hydrogen) atoms. The van der Waals surface area contributed by atoms with Crippen molar-refractivity contribution >= 4 is 5.97 Å². The van der Waals surface area contributed by atoms with E-state index < -0.39 is 73.8 Å². The van der Waals surface area contributed by atoms with Crippen LogP contribution >= 0.6 is 0 Å². The molecule has 0 saturated carbocycles. The van der Waals surface area contributed by atoms with Crippen molar-refractivity contribution in [2.24, 2.45) is 0 Å². The predicted molar refractivity (Wildman–Crippen MR) is 79.6 cm³/mol. The second-order valence-electron chi connectivity index (χ2n) is 6.48. The van der Waals surface area contributed by atoms with Crippen molar-refractivity contribution in [3.8, 4) is 0 Å². The summed E-state index contributed by atoms with van der Waals surface area (Å²) >= 11 is 0. The molecule has 2 nitrogen and oxygen atoms in total. The zero-order valence-corrected chi connectivity index (χ0v) is 15.6. The maximum Gasteiger partial charge on any atom is 0.384 e. The zero-order chi connectivity index (χ0) is 24.4.